The molecule has 2 aliphatic carbocycles. The van der Waals surface area contributed by atoms with Crippen molar-refractivity contribution >= 4 is 23.3 Å². The highest BCUT2D eigenvalue weighted by atomic mass is 16.4. The van der Waals surface area contributed by atoms with Gasteiger partial charge in [-0.3, -0.25) is 0 Å². The lowest BCUT2D eigenvalue weighted by molar-refractivity contribution is -0.165. The Morgan fingerprint density at radius 3 is 1.31 bits per heavy atom. The third kappa shape index (κ3) is 6.17. The zero-order valence-corrected chi connectivity index (χ0v) is 21.9. The largest absolute Gasteiger partial charge is 0.479 e. The van der Waals surface area contributed by atoms with E-state index in [1.54, 1.807) is 0 Å². The van der Waals surface area contributed by atoms with Crippen LogP contribution in [0.5, 0.6) is 0 Å². The third-order valence-corrected chi connectivity index (χ3v) is 7.16. The Balaban J connectivity index is 0.000000193. The van der Waals surface area contributed by atoms with Gasteiger partial charge < -0.3 is 31.9 Å². The van der Waals surface area contributed by atoms with Crippen LogP contribution in [0.3, 0.4) is 0 Å². The zero-order chi connectivity index (χ0) is 27.6. The Morgan fingerprint density at radius 1 is 0.750 bits per heavy atom. The fourth-order valence-corrected chi connectivity index (χ4v) is 5.67. The highest BCUT2D eigenvalue weighted by Gasteiger charge is 2.36. The van der Waals surface area contributed by atoms with Gasteiger partial charge in [0, 0.05) is 11.4 Å². The van der Waals surface area contributed by atoms with Crippen molar-refractivity contribution in [1.29, 1.82) is 0 Å². The number of nitrogen functional groups attached to an aromatic ring is 2. The summed E-state index contributed by atoms with van der Waals surface area (Å²) in [6, 6.07) is 12.6. The summed E-state index contributed by atoms with van der Waals surface area (Å²) in [4.78, 5) is 19.5. The van der Waals surface area contributed by atoms with E-state index in [1.165, 1.54) is 35.1 Å². The van der Waals surface area contributed by atoms with Gasteiger partial charge in [0.15, 0.2) is 12.2 Å². The van der Waals surface area contributed by atoms with Crippen LogP contribution in [-0.2, 0) is 20.4 Å². The summed E-state index contributed by atoms with van der Waals surface area (Å²) in [6.45, 7) is 13.7. The number of anilines is 2. The van der Waals surface area contributed by atoms with Gasteiger partial charge >= 0.3 is 11.9 Å². The van der Waals surface area contributed by atoms with E-state index in [0.29, 0.717) is 22.7 Å². The quantitative estimate of drug-likeness (QED) is 0.344. The highest BCUT2D eigenvalue weighted by molar-refractivity contribution is 5.83. The predicted octanol–water partition coefficient (Wildman–Crippen LogP) is 3.98. The maximum atomic E-state index is 9.77. The number of carboxylic acids is 2. The molecule has 0 spiro atoms. The van der Waals surface area contributed by atoms with Gasteiger partial charge in [-0.2, -0.15) is 0 Å². The molecule has 4 rings (SSSR count). The minimum absolute atomic E-state index is 0.310. The first-order valence-electron chi connectivity index (χ1n) is 12.1. The molecule has 0 aromatic heterocycles. The Bertz CT molecular complexity index is 1020. The number of aliphatic carboxylic acids is 2. The van der Waals surface area contributed by atoms with Crippen LogP contribution in [0.4, 0.5) is 11.4 Å². The van der Waals surface area contributed by atoms with Gasteiger partial charge in [-0.25, -0.2) is 9.59 Å². The number of carboxylic acid groups (broad SMARTS) is 2. The molecule has 2 aromatic rings. The maximum absolute atomic E-state index is 9.77. The maximum Gasteiger partial charge on any atom is 0.335 e. The standard InChI is InChI=1S/2C12H17N.C4H6O6/c2*1-8-7-12(2,3)9-5-4-6-10(13)11(8)9;5-1(3(7)8)2(6)4(9)10/h2*4-6,8H,7,13H2,1-3H3;1-2,5-6H,(H,7,8)(H,9,10)/t2*8-;/m11./s1. The first kappa shape index (κ1) is 29.1. The summed E-state index contributed by atoms with van der Waals surface area (Å²) >= 11 is 0. The topological polar surface area (TPSA) is 167 Å². The number of rotatable bonds is 3. The van der Waals surface area contributed by atoms with E-state index in [0.717, 1.165) is 11.4 Å². The van der Waals surface area contributed by atoms with E-state index in [2.05, 4.69) is 65.8 Å². The first-order valence-corrected chi connectivity index (χ1v) is 12.1. The number of aliphatic hydroxyl groups is 2. The Labute approximate surface area is 213 Å². The summed E-state index contributed by atoms with van der Waals surface area (Å²) in [7, 11) is 0. The van der Waals surface area contributed by atoms with Crippen LogP contribution < -0.4 is 11.5 Å². The highest BCUT2D eigenvalue weighted by Crippen LogP contribution is 2.48. The van der Waals surface area contributed by atoms with Gasteiger partial charge in [-0.15, -0.1) is 0 Å². The summed E-state index contributed by atoms with van der Waals surface area (Å²) < 4.78 is 0. The van der Waals surface area contributed by atoms with Crippen LogP contribution in [0.1, 0.15) is 88.5 Å². The number of benzene rings is 2. The fraction of sp³-hybridized carbons (Fsp3) is 0.500. The molecule has 8 nitrogen and oxygen atoms in total. The molecule has 0 fully saturated rings. The second-order valence-corrected chi connectivity index (χ2v) is 11.2. The molecular weight excluding hydrogens is 460 g/mol. The van der Waals surface area contributed by atoms with Gasteiger partial charge in [0.25, 0.3) is 0 Å². The van der Waals surface area contributed by atoms with Crippen LogP contribution in [0.25, 0.3) is 0 Å². The lowest BCUT2D eigenvalue weighted by atomic mass is 9.86. The monoisotopic (exact) mass is 500 g/mol. The van der Waals surface area contributed by atoms with Crippen molar-refractivity contribution in [2.24, 2.45) is 0 Å². The average molecular weight is 501 g/mol. The molecule has 0 saturated heterocycles. The van der Waals surface area contributed by atoms with Crippen molar-refractivity contribution in [3.63, 3.8) is 0 Å². The van der Waals surface area contributed by atoms with Crippen LogP contribution in [-0.4, -0.2) is 44.6 Å². The van der Waals surface area contributed by atoms with E-state index in [-0.39, 0.29) is 0 Å². The summed E-state index contributed by atoms with van der Waals surface area (Å²) in [6.07, 6.45) is -2.09. The molecule has 2 aromatic carbocycles. The Morgan fingerprint density at radius 2 is 1.06 bits per heavy atom. The minimum atomic E-state index is -2.27. The van der Waals surface area contributed by atoms with Gasteiger partial charge in [-0.1, -0.05) is 65.8 Å². The molecule has 0 amide bonds. The van der Waals surface area contributed by atoms with Gasteiger partial charge in [0.2, 0.25) is 0 Å². The summed E-state index contributed by atoms with van der Waals surface area (Å²) in [5.41, 5.74) is 20.2. The Hall–Kier alpha value is -3.10. The van der Waals surface area contributed by atoms with Crippen LogP contribution in [0, 0.1) is 0 Å². The van der Waals surface area contributed by atoms with Crippen molar-refractivity contribution in [1.82, 2.24) is 0 Å². The predicted molar refractivity (Wildman–Crippen MR) is 141 cm³/mol. The SMILES string of the molecule is C[C@@H]1CC(C)(C)c2cccc(N)c21.C[C@@H]1CC(C)(C)c2cccc(N)c21.O=C(O)C(O)C(O)C(=O)O. The molecule has 2 aliphatic rings. The molecular formula is C28H40N2O6. The molecule has 2 unspecified atom stereocenters. The van der Waals surface area contributed by atoms with E-state index < -0.39 is 24.1 Å². The lowest BCUT2D eigenvalue weighted by Crippen LogP contribution is -2.39. The average Bonchev–Trinajstić information content (AvgIpc) is 3.16. The van der Waals surface area contributed by atoms with Crippen molar-refractivity contribution in [3.8, 4) is 0 Å². The van der Waals surface area contributed by atoms with Gasteiger partial charge in [-0.05, 0) is 69.9 Å². The second-order valence-electron chi connectivity index (χ2n) is 11.2. The van der Waals surface area contributed by atoms with Crippen molar-refractivity contribution in [2.75, 3.05) is 11.5 Å². The number of hydrogen-bond donors (Lipinski definition) is 6. The van der Waals surface area contributed by atoms with Crippen LogP contribution in [0.15, 0.2) is 36.4 Å². The van der Waals surface area contributed by atoms with E-state index in [1.807, 2.05) is 12.1 Å². The molecule has 0 heterocycles. The Kier molecular flexibility index (Phi) is 8.81. The fourth-order valence-electron chi connectivity index (χ4n) is 5.67. The molecule has 4 atom stereocenters. The molecule has 0 aliphatic heterocycles. The molecule has 198 valence electrons. The van der Waals surface area contributed by atoms with E-state index >= 15 is 0 Å². The number of fused-ring (bicyclic) bond motifs is 2. The normalized spacial score (nSPS) is 22.0. The summed E-state index contributed by atoms with van der Waals surface area (Å²) in [5.74, 6) is -2.30. The second kappa shape index (κ2) is 10.9. The number of nitrogens with two attached hydrogens (primary N) is 2. The van der Waals surface area contributed by atoms with Crippen LogP contribution in [0.2, 0.25) is 0 Å². The smallest absolute Gasteiger partial charge is 0.335 e. The van der Waals surface area contributed by atoms with E-state index in [9.17, 15) is 9.59 Å². The van der Waals surface area contributed by atoms with E-state index in [4.69, 9.17) is 31.9 Å². The van der Waals surface area contributed by atoms with Crippen molar-refractivity contribution < 1.29 is 30.0 Å². The third-order valence-electron chi connectivity index (χ3n) is 7.16. The molecule has 8 N–H and O–H groups in total. The molecule has 0 radical (unpaired) electrons. The van der Waals surface area contributed by atoms with Crippen LogP contribution >= 0.6 is 0 Å². The van der Waals surface area contributed by atoms with Gasteiger partial charge in [0.1, 0.15) is 0 Å². The first-order chi connectivity index (χ1) is 16.5. The van der Waals surface area contributed by atoms with Gasteiger partial charge in [0.05, 0.1) is 0 Å². The zero-order valence-electron chi connectivity index (χ0n) is 21.9. The van der Waals surface area contributed by atoms with Crippen molar-refractivity contribution in [3.05, 3.63) is 58.7 Å². The number of hydrogen-bond acceptors (Lipinski definition) is 6. The molecule has 36 heavy (non-hydrogen) atoms. The molecule has 0 bridgehead atoms. The molecule has 0 saturated carbocycles. The molecule has 8 heteroatoms. The summed E-state index contributed by atoms with van der Waals surface area (Å²) in [5, 5.41) is 32.5. The van der Waals surface area contributed by atoms with Crippen molar-refractivity contribution in [2.45, 2.75) is 89.3 Å². The minimum Gasteiger partial charge on any atom is -0.479 e. The lowest BCUT2D eigenvalue weighted by Gasteiger charge is -2.18. The number of carbonyl (C=O) groups is 2. The number of aliphatic hydroxyl groups excluding tert-OH is 2.